The molecule has 2 N–H and O–H groups in total. The minimum Gasteiger partial charge on any atom is -0.478 e. The molecule has 2 rings (SSSR count). The predicted molar refractivity (Wildman–Crippen MR) is 56.1 cm³/mol. The SMILES string of the molecule is O=C(O)c1c[nH]cc1-c1sccc1Cl. The van der Waals surface area contributed by atoms with Gasteiger partial charge in [0.15, 0.2) is 0 Å². The monoisotopic (exact) mass is 227 g/mol. The van der Waals surface area contributed by atoms with Gasteiger partial charge >= 0.3 is 5.97 Å². The number of carboxylic acids is 1. The van der Waals surface area contributed by atoms with E-state index in [9.17, 15) is 4.79 Å². The lowest BCUT2D eigenvalue weighted by Gasteiger charge is -1.96. The topological polar surface area (TPSA) is 53.1 Å². The summed E-state index contributed by atoms with van der Waals surface area (Å²) in [5.74, 6) is -0.953. The van der Waals surface area contributed by atoms with Crippen molar-refractivity contribution in [3.05, 3.63) is 34.4 Å². The second kappa shape index (κ2) is 3.48. The normalized spacial score (nSPS) is 10.4. The van der Waals surface area contributed by atoms with Crippen LogP contribution in [0.15, 0.2) is 23.8 Å². The van der Waals surface area contributed by atoms with Crippen molar-refractivity contribution in [2.45, 2.75) is 0 Å². The standard InChI is InChI=1S/C9H6ClNO2S/c10-7-1-2-14-8(7)5-3-11-4-6(5)9(12)13/h1-4,11H,(H,12,13). The van der Waals surface area contributed by atoms with Crippen molar-refractivity contribution in [1.82, 2.24) is 4.98 Å². The Morgan fingerprint density at radius 1 is 1.50 bits per heavy atom. The number of aromatic amines is 1. The van der Waals surface area contributed by atoms with Crippen LogP contribution < -0.4 is 0 Å². The van der Waals surface area contributed by atoms with Gasteiger partial charge in [-0.2, -0.15) is 0 Å². The molecule has 14 heavy (non-hydrogen) atoms. The van der Waals surface area contributed by atoms with Crippen LogP contribution in [0.2, 0.25) is 5.02 Å². The molecule has 0 unspecified atom stereocenters. The predicted octanol–water partition coefficient (Wildman–Crippen LogP) is 3.09. The van der Waals surface area contributed by atoms with E-state index >= 15 is 0 Å². The molecule has 0 amide bonds. The Morgan fingerprint density at radius 3 is 2.86 bits per heavy atom. The lowest BCUT2D eigenvalue weighted by Crippen LogP contribution is -1.95. The van der Waals surface area contributed by atoms with Gasteiger partial charge in [0.1, 0.15) is 0 Å². The molecule has 0 aliphatic heterocycles. The highest BCUT2D eigenvalue weighted by Gasteiger charge is 2.15. The molecule has 0 aliphatic carbocycles. The van der Waals surface area contributed by atoms with Gasteiger partial charge < -0.3 is 10.1 Å². The fourth-order valence-corrected chi connectivity index (χ4v) is 2.40. The third-order valence-corrected chi connectivity index (χ3v) is 3.21. The van der Waals surface area contributed by atoms with E-state index in [0.717, 1.165) is 4.88 Å². The Morgan fingerprint density at radius 2 is 2.29 bits per heavy atom. The minimum atomic E-state index is -0.953. The van der Waals surface area contributed by atoms with E-state index in [-0.39, 0.29) is 5.56 Å². The zero-order chi connectivity index (χ0) is 10.1. The van der Waals surface area contributed by atoms with Crippen molar-refractivity contribution in [2.24, 2.45) is 0 Å². The number of carboxylic acid groups (broad SMARTS) is 1. The van der Waals surface area contributed by atoms with Crippen LogP contribution in [-0.2, 0) is 0 Å². The molecule has 0 spiro atoms. The average Bonchev–Trinajstić information content (AvgIpc) is 2.70. The Kier molecular flexibility index (Phi) is 2.31. The zero-order valence-electron chi connectivity index (χ0n) is 6.95. The Bertz CT molecular complexity index is 475. The van der Waals surface area contributed by atoms with Crippen molar-refractivity contribution in [2.75, 3.05) is 0 Å². The number of hydrogen-bond acceptors (Lipinski definition) is 2. The van der Waals surface area contributed by atoms with Crippen molar-refractivity contribution in [3.8, 4) is 10.4 Å². The maximum absolute atomic E-state index is 10.8. The average molecular weight is 228 g/mol. The van der Waals surface area contributed by atoms with Gasteiger partial charge in [-0.3, -0.25) is 0 Å². The van der Waals surface area contributed by atoms with Gasteiger partial charge in [0.05, 0.1) is 15.5 Å². The summed E-state index contributed by atoms with van der Waals surface area (Å²) < 4.78 is 0. The first-order chi connectivity index (χ1) is 6.70. The first kappa shape index (κ1) is 9.30. The molecule has 0 atom stereocenters. The number of hydrogen-bond donors (Lipinski definition) is 2. The fourth-order valence-electron chi connectivity index (χ4n) is 1.21. The molecular weight excluding hydrogens is 222 g/mol. The molecule has 0 saturated carbocycles. The zero-order valence-corrected chi connectivity index (χ0v) is 8.52. The smallest absolute Gasteiger partial charge is 0.337 e. The third kappa shape index (κ3) is 1.42. The van der Waals surface area contributed by atoms with Crippen molar-refractivity contribution in [3.63, 3.8) is 0 Å². The van der Waals surface area contributed by atoms with E-state index in [1.165, 1.54) is 17.5 Å². The van der Waals surface area contributed by atoms with Crippen molar-refractivity contribution >= 4 is 28.9 Å². The van der Waals surface area contributed by atoms with Crippen molar-refractivity contribution in [1.29, 1.82) is 0 Å². The van der Waals surface area contributed by atoms with Crippen LogP contribution in [0, 0.1) is 0 Å². The summed E-state index contributed by atoms with van der Waals surface area (Å²) in [5.41, 5.74) is 0.881. The van der Waals surface area contributed by atoms with Gasteiger partial charge in [-0.05, 0) is 11.4 Å². The van der Waals surface area contributed by atoms with Gasteiger partial charge in [-0.1, -0.05) is 11.6 Å². The first-order valence-corrected chi connectivity index (χ1v) is 5.09. The molecule has 0 saturated heterocycles. The van der Waals surface area contributed by atoms with Gasteiger partial charge in [0, 0.05) is 18.0 Å². The van der Waals surface area contributed by atoms with Crippen LogP contribution in [-0.4, -0.2) is 16.1 Å². The van der Waals surface area contributed by atoms with Gasteiger partial charge in [0.25, 0.3) is 0 Å². The summed E-state index contributed by atoms with van der Waals surface area (Å²) in [6.07, 6.45) is 3.09. The first-order valence-electron chi connectivity index (χ1n) is 3.83. The van der Waals surface area contributed by atoms with E-state index in [0.29, 0.717) is 10.6 Å². The van der Waals surface area contributed by atoms with E-state index in [1.54, 1.807) is 12.3 Å². The third-order valence-electron chi connectivity index (χ3n) is 1.84. The number of H-pyrrole nitrogens is 1. The second-order valence-corrected chi connectivity index (χ2v) is 4.01. The summed E-state index contributed by atoms with van der Waals surface area (Å²) >= 11 is 7.34. The number of rotatable bonds is 2. The maximum Gasteiger partial charge on any atom is 0.337 e. The van der Waals surface area contributed by atoms with Crippen molar-refractivity contribution < 1.29 is 9.90 Å². The number of aromatic carboxylic acids is 1. The highest BCUT2D eigenvalue weighted by molar-refractivity contribution is 7.14. The molecule has 72 valence electrons. The van der Waals surface area contributed by atoms with E-state index in [4.69, 9.17) is 16.7 Å². The van der Waals surface area contributed by atoms with Crippen LogP contribution in [0.3, 0.4) is 0 Å². The highest BCUT2D eigenvalue weighted by Crippen LogP contribution is 2.35. The largest absolute Gasteiger partial charge is 0.478 e. The number of nitrogens with one attached hydrogen (secondary N) is 1. The number of aromatic nitrogens is 1. The van der Waals surface area contributed by atoms with Crippen LogP contribution in [0.1, 0.15) is 10.4 Å². The second-order valence-electron chi connectivity index (χ2n) is 2.69. The van der Waals surface area contributed by atoms with Gasteiger partial charge in [-0.25, -0.2) is 4.79 Å². The molecule has 0 radical (unpaired) electrons. The molecule has 0 bridgehead atoms. The fraction of sp³-hybridized carbons (Fsp3) is 0. The minimum absolute atomic E-state index is 0.245. The molecule has 5 heteroatoms. The number of carbonyl (C=O) groups is 1. The summed E-state index contributed by atoms with van der Waals surface area (Å²) in [6.45, 7) is 0. The molecule has 0 aromatic carbocycles. The molecular formula is C9H6ClNO2S. The Balaban J connectivity index is 2.57. The lowest BCUT2D eigenvalue weighted by molar-refractivity contribution is 0.0698. The van der Waals surface area contributed by atoms with Crippen LogP contribution in [0.25, 0.3) is 10.4 Å². The summed E-state index contributed by atoms with van der Waals surface area (Å²) in [5, 5.41) is 11.3. The summed E-state index contributed by atoms with van der Waals surface area (Å²) in [6, 6.07) is 1.75. The molecule has 0 aliphatic rings. The molecule has 3 nitrogen and oxygen atoms in total. The number of thiophene rings is 1. The maximum atomic E-state index is 10.8. The van der Waals surface area contributed by atoms with Gasteiger partial charge in [-0.15, -0.1) is 11.3 Å². The molecule has 2 heterocycles. The molecule has 0 fully saturated rings. The molecule has 2 aromatic heterocycles. The lowest BCUT2D eigenvalue weighted by atomic mass is 10.2. The molecule has 2 aromatic rings. The Labute approximate surface area is 89.0 Å². The van der Waals surface area contributed by atoms with E-state index < -0.39 is 5.97 Å². The highest BCUT2D eigenvalue weighted by atomic mass is 35.5. The number of halogens is 1. The van der Waals surface area contributed by atoms with Gasteiger partial charge in [0.2, 0.25) is 0 Å². The van der Waals surface area contributed by atoms with Crippen LogP contribution in [0.4, 0.5) is 0 Å². The summed E-state index contributed by atoms with van der Waals surface area (Å²) in [7, 11) is 0. The Hall–Kier alpha value is -1.26. The van der Waals surface area contributed by atoms with Crippen LogP contribution >= 0.6 is 22.9 Å². The van der Waals surface area contributed by atoms with E-state index in [1.807, 2.05) is 5.38 Å². The summed E-state index contributed by atoms with van der Waals surface area (Å²) in [4.78, 5) is 14.4. The van der Waals surface area contributed by atoms with Crippen LogP contribution in [0.5, 0.6) is 0 Å². The quantitative estimate of drug-likeness (QED) is 0.828. The van der Waals surface area contributed by atoms with E-state index in [2.05, 4.69) is 4.98 Å².